The van der Waals surface area contributed by atoms with E-state index in [1.165, 1.54) is 25.7 Å². The number of halogens is 4. The van der Waals surface area contributed by atoms with Crippen molar-refractivity contribution in [3.8, 4) is 0 Å². The smallest absolute Gasteiger partial charge is 0.350 e. The Bertz CT molecular complexity index is 3210. The molecule has 4 aromatic carbocycles. The highest BCUT2D eigenvalue weighted by molar-refractivity contribution is 9.09. The summed E-state index contributed by atoms with van der Waals surface area (Å²) in [7, 11) is 3.91. The number of aryl methyl sites for hydroxylation is 3. The number of pyridine rings is 4. The first-order chi connectivity index (χ1) is 42.8. The molecule has 22 heteroatoms. The highest BCUT2D eigenvalue weighted by atomic mass is 79.9. The predicted octanol–water partition coefficient (Wildman–Crippen LogP) is 2.90. The van der Waals surface area contributed by atoms with E-state index >= 15 is 0 Å². The summed E-state index contributed by atoms with van der Waals surface area (Å²) in [4.78, 5) is 7.90. The average Bonchev–Trinajstić information content (AvgIpc) is 3.68. The standard InChI is InChI=1S/C34H43N7O2.C19H25BrN3.C15H18N4O2.3BrH/c1-38(32-11-5-4-6-12-32)35-29-30-18-23-39(24-19-30)20-8-2-3-9-21-41-22-10-7-13-34(41)37-36-31-14-16-33(17-15-31)40(25-27-42)26-28-43;1-22(19-9-5-4-6-10-19)21-17-18-11-15-23(16-12-18)14-8-3-2-7-13-20;20-11-9-19(10-12-21)14-6-4-13(5-7-14)17-18-15-3-1-2-8-16-15;;;/h4-7,10-19,22-24,29,42-43H,2-3,8-9,20-21,25-28H2,1H3;4-6,9-12,15-17H,2-3,7-8,13-14H2,1H3;1-8,20-21H,9-12H2;3*1H/q+2;+1;;;;/p-3. The van der Waals surface area contributed by atoms with Crippen molar-refractivity contribution in [3.05, 3.63) is 218 Å². The lowest BCUT2D eigenvalue weighted by Crippen LogP contribution is -3.00. The van der Waals surface area contributed by atoms with E-state index in [0.717, 1.165) is 102 Å². The molecule has 0 fully saturated rings. The maximum Gasteiger partial charge on any atom is 0.350 e. The van der Waals surface area contributed by atoms with Crippen molar-refractivity contribution in [3.63, 3.8) is 0 Å². The highest BCUT2D eigenvalue weighted by Gasteiger charge is 2.11. The van der Waals surface area contributed by atoms with E-state index < -0.39 is 0 Å². The van der Waals surface area contributed by atoms with Crippen molar-refractivity contribution in [1.29, 1.82) is 0 Å². The maximum atomic E-state index is 9.26. The number of unbranched alkanes of at least 4 members (excludes halogenated alkanes) is 6. The van der Waals surface area contributed by atoms with Gasteiger partial charge < -0.3 is 81.2 Å². The van der Waals surface area contributed by atoms with E-state index in [1.807, 2.05) is 186 Å². The Hall–Kier alpha value is -7.02. The zero-order valence-corrected chi connectivity index (χ0v) is 57.8. The molecule has 4 N–H and O–H groups in total. The fourth-order valence-electron chi connectivity index (χ4n) is 8.87. The van der Waals surface area contributed by atoms with E-state index in [2.05, 4.69) is 121 Å². The number of anilines is 4. The number of hydrazone groups is 2. The van der Waals surface area contributed by atoms with Crippen LogP contribution in [0.15, 0.2) is 238 Å². The van der Waals surface area contributed by atoms with Gasteiger partial charge in [-0.1, -0.05) is 70.9 Å². The fourth-order valence-corrected chi connectivity index (χ4v) is 9.27. The van der Waals surface area contributed by atoms with Crippen molar-refractivity contribution < 1.29 is 85.1 Å². The van der Waals surface area contributed by atoms with Crippen LogP contribution < -0.4 is 84.5 Å². The molecule has 0 unspecified atom stereocenters. The largest absolute Gasteiger partial charge is 1.00 e. The Kier molecular flexibility index (Phi) is 40.3. The molecular weight excluding hydrogens is 1400 g/mol. The van der Waals surface area contributed by atoms with Gasteiger partial charge in [-0.3, -0.25) is 10.0 Å². The summed E-state index contributed by atoms with van der Waals surface area (Å²) in [6.45, 7) is 5.04. The molecule has 0 saturated carbocycles. The van der Waals surface area contributed by atoms with Gasteiger partial charge in [-0.25, -0.2) is 18.7 Å². The van der Waals surface area contributed by atoms with Crippen molar-refractivity contribution in [2.75, 3.05) is 91.8 Å². The average molecular weight is 1480 g/mol. The molecule has 0 aliphatic rings. The molecule has 4 aromatic heterocycles. The second-order valence-electron chi connectivity index (χ2n) is 20.2. The summed E-state index contributed by atoms with van der Waals surface area (Å²) >= 11 is 3.47. The topological polar surface area (TPSA) is 193 Å². The Morgan fingerprint density at radius 1 is 0.411 bits per heavy atom. The normalized spacial score (nSPS) is 10.8. The number of aromatic nitrogens is 4. The van der Waals surface area contributed by atoms with E-state index in [0.29, 0.717) is 32.0 Å². The Morgan fingerprint density at radius 2 is 0.822 bits per heavy atom. The minimum absolute atomic E-state index is 0. The lowest BCUT2D eigenvalue weighted by atomic mass is 10.2. The minimum Gasteiger partial charge on any atom is -1.00 e. The van der Waals surface area contributed by atoms with Crippen LogP contribution in [-0.4, -0.2) is 110 Å². The van der Waals surface area contributed by atoms with Gasteiger partial charge in [0.15, 0.2) is 30.6 Å². The molecule has 0 aliphatic carbocycles. The van der Waals surface area contributed by atoms with Gasteiger partial charge in [-0.05, 0) is 128 Å². The zero-order chi connectivity index (χ0) is 61.4. The molecule has 4 heterocycles. The SMILES string of the molecule is CN(/N=C\c1cc[n+](CCCCCCBr)cc1)c1ccccc1.CN(/N=C\c1cc[n+](CCCCCC[n+]2ccccc2N=Nc2ccc(N(CCO)CCO)cc2)cc1)c1ccccc1.OCCN(CCO)c1ccc(N=Nc2ccccn2)cc1.[Br-].[Br-].[Br-]. The molecule has 0 amide bonds. The molecule has 0 radical (unpaired) electrons. The molecule has 0 aliphatic heterocycles. The highest BCUT2D eigenvalue weighted by Crippen LogP contribution is 2.23. The molecule has 0 atom stereocenters. The summed E-state index contributed by atoms with van der Waals surface area (Å²) in [5.74, 6) is 1.38. The van der Waals surface area contributed by atoms with E-state index in [4.69, 9.17) is 10.2 Å². The number of benzene rings is 4. The number of azo groups is 2. The monoisotopic (exact) mass is 1480 g/mol. The molecule has 0 saturated heterocycles. The first-order valence-electron chi connectivity index (χ1n) is 29.8. The number of hydrogen-bond acceptors (Lipinski definition) is 15. The summed E-state index contributed by atoms with van der Waals surface area (Å²) < 4.78 is 6.62. The minimum atomic E-state index is 0. The Morgan fingerprint density at radius 3 is 1.24 bits per heavy atom. The van der Waals surface area contributed by atoms with Gasteiger partial charge >= 0.3 is 5.82 Å². The fraction of sp³-hybridized carbons (Fsp3) is 0.324. The molecule has 0 bridgehead atoms. The molecular formula is C68H86Br4N14O4. The van der Waals surface area contributed by atoms with Crippen LogP contribution in [0.3, 0.4) is 0 Å². The van der Waals surface area contributed by atoms with E-state index in [9.17, 15) is 10.2 Å². The summed E-state index contributed by atoms with van der Waals surface area (Å²) in [5.41, 5.74) is 7.66. The number of alkyl halides is 1. The summed E-state index contributed by atoms with van der Waals surface area (Å²) in [6, 6.07) is 55.2. The third-order valence-electron chi connectivity index (χ3n) is 13.7. The summed E-state index contributed by atoms with van der Waals surface area (Å²) in [6.07, 6.45) is 25.6. The van der Waals surface area contributed by atoms with Crippen LogP contribution in [0.25, 0.3) is 0 Å². The van der Waals surface area contributed by atoms with Crippen LogP contribution in [0.5, 0.6) is 0 Å². The first-order valence-corrected chi connectivity index (χ1v) is 31.0. The van der Waals surface area contributed by atoms with Crippen molar-refractivity contribution in [2.45, 2.75) is 71.0 Å². The number of rotatable bonds is 33. The number of hydrogen-bond donors (Lipinski definition) is 4. The van der Waals surface area contributed by atoms with Gasteiger partial charge in [0.1, 0.15) is 18.8 Å². The van der Waals surface area contributed by atoms with Gasteiger partial charge in [0, 0.05) is 117 Å². The van der Waals surface area contributed by atoms with Crippen molar-refractivity contribution >= 4 is 74.1 Å². The lowest BCUT2D eigenvalue weighted by molar-refractivity contribution is -0.697. The zero-order valence-electron chi connectivity index (χ0n) is 51.5. The Labute approximate surface area is 571 Å². The number of aliphatic hydroxyl groups is 4. The quantitative estimate of drug-likeness (QED) is 0.0120. The molecule has 8 aromatic rings. The third kappa shape index (κ3) is 29.7. The second kappa shape index (κ2) is 47.0. The number of nitrogens with zero attached hydrogens (tertiary/aromatic N) is 14. The third-order valence-corrected chi connectivity index (χ3v) is 14.3. The number of aliphatic hydroxyl groups excluding tert-OH is 4. The van der Waals surface area contributed by atoms with Crippen LogP contribution in [0.4, 0.5) is 45.8 Å². The number of para-hydroxylation sites is 2. The van der Waals surface area contributed by atoms with E-state index in [-0.39, 0.29) is 77.4 Å². The molecule has 0 spiro atoms. The Balaban J connectivity index is 0.000000381. The molecule has 8 rings (SSSR count). The second-order valence-corrected chi connectivity index (χ2v) is 21.0. The van der Waals surface area contributed by atoms with Crippen molar-refractivity contribution in [1.82, 2.24) is 4.98 Å². The van der Waals surface area contributed by atoms with Crippen LogP contribution in [0.1, 0.15) is 62.5 Å². The van der Waals surface area contributed by atoms with Gasteiger partial charge in [0.2, 0.25) is 0 Å². The molecule has 18 nitrogen and oxygen atoms in total. The molecule has 480 valence electrons. The van der Waals surface area contributed by atoms with Crippen LogP contribution in [0.2, 0.25) is 0 Å². The van der Waals surface area contributed by atoms with Crippen LogP contribution in [0, 0.1) is 0 Å². The van der Waals surface area contributed by atoms with Gasteiger partial charge in [0.05, 0.1) is 73.8 Å². The van der Waals surface area contributed by atoms with Gasteiger partial charge in [0.25, 0.3) is 0 Å². The maximum absolute atomic E-state index is 9.26. The van der Waals surface area contributed by atoms with Crippen LogP contribution >= 0.6 is 15.9 Å². The van der Waals surface area contributed by atoms with Crippen LogP contribution in [-0.2, 0) is 19.6 Å². The molecule has 90 heavy (non-hydrogen) atoms. The van der Waals surface area contributed by atoms with Gasteiger partial charge in [-0.15, -0.1) is 10.2 Å². The van der Waals surface area contributed by atoms with E-state index in [1.54, 1.807) is 12.3 Å². The first kappa shape index (κ1) is 77.2. The summed E-state index contributed by atoms with van der Waals surface area (Å²) in [5, 5.41) is 67.6. The predicted molar refractivity (Wildman–Crippen MR) is 354 cm³/mol. The lowest BCUT2D eigenvalue weighted by Gasteiger charge is -2.22. The van der Waals surface area contributed by atoms with Gasteiger partial charge in [-0.2, -0.15) is 10.2 Å². The van der Waals surface area contributed by atoms with Crippen molar-refractivity contribution in [2.24, 2.45) is 30.7 Å².